The predicted octanol–water partition coefficient (Wildman–Crippen LogP) is 4.54. The second-order valence-corrected chi connectivity index (χ2v) is 7.24. The molecule has 1 saturated heterocycles. The summed E-state index contributed by atoms with van der Waals surface area (Å²) in [6, 6.07) is 21.2. The van der Waals surface area contributed by atoms with Gasteiger partial charge in [0.15, 0.2) is 0 Å². The average Bonchev–Trinajstić information content (AvgIpc) is 2.76. The molecule has 4 nitrogen and oxygen atoms in total. The molecule has 142 valence electrons. The zero-order chi connectivity index (χ0) is 19.3. The summed E-state index contributed by atoms with van der Waals surface area (Å²) in [7, 11) is 0. The summed E-state index contributed by atoms with van der Waals surface area (Å²) in [4.78, 5) is 19.1. The van der Waals surface area contributed by atoms with Crippen LogP contribution >= 0.6 is 11.6 Å². The molecule has 0 radical (unpaired) electrons. The van der Waals surface area contributed by atoms with Gasteiger partial charge in [-0.15, -0.1) is 0 Å². The highest BCUT2D eigenvalue weighted by molar-refractivity contribution is 6.31. The lowest BCUT2D eigenvalue weighted by molar-refractivity contribution is -0.0247. The quantitative estimate of drug-likeness (QED) is 0.654. The van der Waals surface area contributed by atoms with Crippen LogP contribution in [-0.2, 0) is 11.2 Å². The van der Waals surface area contributed by atoms with Crippen LogP contribution in [0.3, 0.4) is 0 Å². The number of pyridine rings is 1. The lowest BCUT2D eigenvalue weighted by Gasteiger charge is -2.32. The Bertz CT molecular complexity index is 944. The van der Waals surface area contributed by atoms with E-state index in [1.165, 1.54) is 0 Å². The minimum atomic E-state index is -0.212. The number of nitrogens with zero attached hydrogens (tertiary/aromatic N) is 2. The van der Waals surface area contributed by atoms with E-state index >= 15 is 0 Å². The Hall–Kier alpha value is -2.69. The topological polar surface area (TPSA) is 42.4 Å². The van der Waals surface area contributed by atoms with Gasteiger partial charge in [-0.05, 0) is 35.4 Å². The highest BCUT2D eigenvalue weighted by atomic mass is 35.5. The number of carbonyl (C=O) groups excluding carboxylic acids is 1. The van der Waals surface area contributed by atoms with E-state index in [-0.39, 0.29) is 12.0 Å². The van der Waals surface area contributed by atoms with Gasteiger partial charge in [0, 0.05) is 29.7 Å². The van der Waals surface area contributed by atoms with Gasteiger partial charge in [0.25, 0.3) is 5.91 Å². The molecule has 0 spiro atoms. The van der Waals surface area contributed by atoms with Gasteiger partial charge in [-0.1, -0.05) is 54.1 Å². The molecule has 0 N–H and O–H groups in total. The summed E-state index contributed by atoms with van der Waals surface area (Å²) in [5.41, 5.74) is 3.71. The van der Waals surface area contributed by atoms with Crippen LogP contribution in [0.5, 0.6) is 0 Å². The Morgan fingerprint density at radius 1 is 1.07 bits per heavy atom. The Morgan fingerprint density at radius 3 is 2.61 bits per heavy atom. The van der Waals surface area contributed by atoms with Crippen LogP contribution in [0.25, 0.3) is 0 Å². The molecule has 4 rings (SSSR count). The largest absolute Gasteiger partial charge is 0.368 e. The lowest BCUT2D eigenvalue weighted by atomic mass is 10.1. The van der Waals surface area contributed by atoms with Crippen LogP contribution in [-0.4, -0.2) is 35.5 Å². The van der Waals surface area contributed by atoms with E-state index in [1.54, 1.807) is 0 Å². The third-order valence-corrected chi connectivity index (χ3v) is 5.27. The normalized spacial score (nSPS) is 16.8. The fourth-order valence-electron chi connectivity index (χ4n) is 3.37. The molecule has 2 aromatic carbocycles. The number of carbonyl (C=O) groups is 1. The minimum absolute atomic E-state index is 0.0317. The van der Waals surface area contributed by atoms with Crippen molar-refractivity contribution in [2.45, 2.75) is 12.5 Å². The molecule has 2 heterocycles. The van der Waals surface area contributed by atoms with Crippen LogP contribution in [0, 0.1) is 0 Å². The van der Waals surface area contributed by atoms with Gasteiger partial charge in [0.05, 0.1) is 18.8 Å². The van der Waals surface area contributed by atoms with Crippen LogP contribution in [0.1, 0.15) is 33.3 Å². The van der Waals surface area contributed by atoms with Gasteiger partial charge in [-0.2, -0.15) is 0 Å². The molecule has 5 heteroatoms. The van der Waals surface area contributed by atoms with Crippen molar-refractivity contribution in [2.24, 2.45) is 0 Å². The summed E-state index contributed by atoms with van der Waals surface area (Å²) in [5, 5.41) is 0.761. The molecule has 0 aliphatic carbocycles. The molecule has 1 aliphatic heterocycles. The highest BCUT2D eigenvalue weighted by Gasteiger charge is 2.26. The first-order valence-electron chi connectivity index (χ1n) is 9.35. The van der Waals surface area contributed by atoms with Crippen LogP contribution in [0.4, 0.5) is 0 Å². The molecular formula is C23H21ClN2O2. The third kappa shape index (κ3) is 4.24. The summed E-state index contributed by atoms with van der Waals surface area (Å²) in [6.45, 7) is 1.60. The van der Waals surface area contributed by atoms with Gasteiger partial charge >= 0.3 is 0 Å². The van der Waals surface area contributed by atoms with Crippen molar-refractivity contribution in [1.82, 2.24) is 9.88 Å². The van der Waals surface area contributed by atoms with E-state index in [2.05, 4.69) is 4.98 Å². The van der Waals surface area contributed by atoms with E-state index < -0.39 is 0 Å². The number of aromatic nitrogens is 1. The summed E-state index contributed by atoms with van der Waals surface area (Å²) in [6.07, 6.45) is 2.38. The van der Waals surface area contributed by atoms with Crippen molar-refractivity contribution in [3.63, 3.8) is 0 Å². The van der Waals surface area contributed by atoms with Crippen LogP contribution in [0.15, 0.2) is 72.9 Å². The predicted molar refractivity (Wildman–Crippen MR) is 110 cm³/mol. The van der Waals surface area contributed by atoms with Gasteiger partial charge in [-0.25, -0.2) is 0 Å². The second kappa shape index (κ2) is 8.55. The van der Waals surface area contributed by atoms with Crippen LogP contribution < -0.4 is 0 Å². The molecule has 1 fully saturated rings. The van der Waals surface area contributed by atoms with Crippen molar-refractivity contribution in [1.29, 1.82) is 0 Å². The molecule has 1 amide bonds. The Labute approximate surface area is 169 Å². The molecule has 0 bridgehead atoms. The molecule has 28 heavy (non-hydrogen) atoms. The number of hydrogen-bond acceptors (Lipinski definition) is 3. The van der Waals surface area contributed by atoms with Crippen molar-refractivity contribution in [3.8, 4) is 0 Å². The molecule has 0 saturated carbocycles. The van der Waals surface area contributed by atoms with Crippen molar-refractivity contribution in [3.05, 3.63) is 100 Å². The van der Waals surface area contributed by atoms with E-state index in [4.69, 9.17) is 16.3 Å². The van der Waals surface area contributed by atoms with E-state index in [0.717, 1.165) is 28.3 Å². The molecule has 3 aromatic rings. The number of halogens is 1. The number of ether oxygens (including phenoxy) is 1. The molecule has 1 aromatic heterocycles. The van der Waals surface area contributed by atoms with Crippen molar-refractivity contribution < 1.29 is 9.53 Å². The fourth-order valence-corrected chi connectivity index (χ4v) is 3.57. The van der Waals surface area contributed by atoms with Crippen LogP contribution in [0.2, 0.25) is 5.02 Å². The number of benzene rings is 2. The first kappa shape index (κ1) is 18.7. The molecule has 1 atom stereocenters. The zero-order valence-corrected chi connectivity index (χ0v) is 16.2. The van der Waals surface area contributed by atoms with E-state index in [1.807, 2.05) is 77.8 Å². The maximum atomic E-state index is 12.7. The first-order valence-corrected chi connectivity index (χ1v) is 9.72. The number of morpholine rings is 1. The van der Waals surface area contributed by atoms with Crippen molar-refractivity contribution >= 4 is 17.5 Å². The molecule has 1 aliphatic rings. The van der Waals surface area contributed by atoms with Gasteiger partial charge in [0.2, 0.25) is 0 Å². The second-order valence-electron chi connectivity index (χ2n) is 6.84. The minimum Gasteiger partial charge on any atom is -0.368 e. The van der Waals surface area contributed by atoms with E-state index in [9.17, 15) is 4.79 Å². The lowest BCUT2D eigenvalue weighted by Crippen LogP contribution is -2.42. The summed E-state index contributed by atoms with van der Waals surface area (Å²) >= 11 is 6.25. The fraction of sp³-hybridized carbons (Fsp3) is 0.217. The van der Waals surface area contributed by atoms with Gasteiger partial charge < -0.3 is 9.64 Å². The zero-order valence-electron chi connectivity index (χ0n) is 15.4. The highest BCUT2D eigenvalue weighted by Crippen LogP contribution is 2.23. The van der Waals surface area contributed by atoms with Gasteiger partial charge in [-0.3, -0.25) is 9.78 Å². The summed E-state index contributed by atoms with van der Waals surface area (Å²) < 4.78 is 5.88. The standard InChI is InChI=1S/C23H21ClN2O2/c24-20-9-5-4-8-19(20)14-17-10-11-21(25-15-17)22-16-26(12-13-28-22)23(27)18-6-2-1-3-7-18/h1-11,15,22H,12-14,16H2. The molecular weight excluding hydrogens is 372 g/mol. The van der Waals surface area contributed by atoms with E-state index in [0.29, 0.717) is 25.3 Å². The Kier molecular flexibility index (Phi) is 5.70. The smallest absolute Gasteiger partial charge is 0.254 e. The average molecular weight is 393 g/mol. The monoisotopic (exact) mass is 392 g/mol. The number of rotatable bonds is 4. The van der Waals surface area contributed by atoms with Gasteiger partial charge in [0.1, 0.15) is 6.10 Å². The summed E-state index contributed by atoms with van der Waals surface area (Å²) in [5.74, 6) is 0.0317. The first-order chi connectivity index (χ1) is 13.7. The Balaban J connectivity index is 1.44. The SMILES string of the molecule is O=C(c1ccccc1)N1CCOC(c2ccc(Cc3ccccc3Cl)cn2)C1. The molecule has 1 unspecified atom stereocenters. The maximum absolute atomic E-state index is 12.7. The number of amides is 1. The third-order valence-electron chi connectivity index (χ3n) is 4.90. The van der Waals surface area contributed by atoms with Crippen molar-refractivity contribution in [2.75, 3.05) is 19.7 Å². The Morgan fingerprint density at radius 2 is 1.86 bits per heavy atom. The maximum Gasteiger partial charge on any atom is 0.254 e. The number of hydrogen-bond donors (Lipinski definition) is 0.